The van der Waals surface area contributed by atoms with Gasteiger partial charge in [0.1, 0.15) is 0 Å². The van der Waals surface area contributed by atoms with Crippen LogP contribution in [0.5, 0.6) is 0 Å². The minimum Gasteiger partial charge on any atom is -0.314 e. The maximum atomic E-state index is 3.72. The molecule has 0 spiro atoms. The highest BCUT2D eigenvalue weighted by Gasteiger charge is 2.19. The molecule has 0 aromatic rings. The van der Waals surface area contributed by atoms with Crippen molar-refractivity contribution in [1.82, 2.24) is 10.2 Å². The van der Waals surface area contributed by atoms with Crippen LogP contribution in [0.25, 0.3) is 0 Å². The van der Waals surface area contributed by atoms with E-state index in [0.29, 0.717) is 0 Å². The number of likely N-dealkylation sites (N-methyl/N-ethyl adjacent to an activating group) is 1. The van der Waals surface area contributed by atoms with Crippen LogP contribution in [0.2, 0.25) is 0 Å². The normalized spacial score (nSPS) is 16.5. The highest BCUT2D eigenvalue weighted by atomic mass is 15.1. The third kappa shape index (κ3) is 5.83. The Morgan fingerprint density at radius 2 is 2.23 bits per heavy atom. The summed E-state index contributed by atoms with van der Waals surface area (Å²) in [5.74, 6) is 0. The number of hydrogen-bond donors (Lipinski definition) is 1. The van der Waals surface area contributed by atoms with Crippen LogP contribution < -0.4 is 5.32 Å². The van der Waals surface area contributed by atoms with Gasteiger partial charge >= 0.3 is 0 Å². The third-order valence-electron chi connectivity index (χ3n) is 2.42. The molecule has 0 radical (unpaired) electrons. The van der Waals surface area contributed by atoms with Crippen molar-refractivity contribution in [2.45, 2.75) is 31.7 Å². The number of hydrogen-bond acceptors (Lipinski definition) is 2. The quantitative estimate of drug-likeness (QED) is 0.453. The fourth-order valence-corrected chi connectivity index (χ4v) is 1.41. The molecule has 0 bridgehead atoms. The number of unbranched alkanes of at least 4 members (excludes halogenated alkanes) is 1. The summed E-state index contributed by atoms with van der Waals surface area (Å²) in [4.78, 5) is 2.31. The largest absolute Gasteiger partial charge is 0.314 e. The Bertz CT molecular complexity index is 141. The topological polar surface area (TPSA) is 15.3 Å². The van der Waals surface area contributed by atoms with Gasteiger partial charge in [-0.25, -0.2) is 0 Å². The molecule has 1 aliphatic carbocycles. The zero-order chi connectivity index (χ0) is 9.52. The van der Waals surface area contributed by atoms with Gasteiger partial charge in [-0.05, 0) is 45.8 Å². The molecule has 0 aromatic carbocycles. The predicted molar refractivity (Wildman–Crippen MR) is 58.0 cm³/mol. The lowest BCUT2D eigenvalue weighted by atomic mass is 10.3. The molecule has 1 fully saturated rings. The average molecular weight is 182 g/mol. The van der Waals surface area contributed by atoms with E-state index < -0.39 is 0 Å². The van der Waals surface area contributed by atoms with Gasteiger partial charge in [-0.1, -0.05) is 6.08 Å². The van der Waals surface area contributed by atoms with Crippen LogP contribution in [0.3, 0.4) is 0 Å². The molecule has 2 nitrogen and oxygen atoms in total. The molecular formula is C11H22N2. The number of nitrogens with one attached hydrogen (secondary N) is 1. The van der Waals surface area contributed by atoms with E-state index in [0.717, 1.165) is 12.6 Å². The van der Waals surface area contributed by atoms with Crippen molar-refractivity contribution in [2.75, 3.05) is 26.7 Å². The molecule has 13 heavy (non-hydrogen) atoms. The second-order valence-electron chi connectivity index (χ2n) is 3.99. The summed E-state index contributed by atoms with van der Waals surface area (Å²) in [7, 11) is 2.15. The molecule has 0 amide bonds. The van der Waals surface area contributed by atoms with Crippen LogP contribution >= 0.6 is 0 Å². The van der Waals surface area contributed by atoms with Gasteiger partial charge in [0, 0.05) is 12.6 Å². The van der Waals surface area contributed by atoms with Crippen LogP contribution in [0.4, 0.5) is 0 Å². The number of rotatable bonds is 8. The summed E-state index contributed by atoms with van der Waals surface area (Å²) in [6.07, 6.45) is 7.36. The molecule has 1 rings (SSSR count). The predicted octanol–water partition coefficient (Wildman–Crippen LogP) is 1.64. The summed E-state index contributed by atoms with van der Waals surface area (Å²) in [6, 6.07) is 0.867. The molecule has 76 valence electrons. The first-order valence-corrected chi connectivity index (χ1v) is 5.35. The summed E-state index contributed by atoms with van der Waals surface area (Å²) in [5.41, 5.74) is 0. The van der Waals surface area contributed by atoms with Crippen LogP contribution in [0.1, 0.15) is 25.7 Å². The molecule has 0 heterocycles. The first-order valence-electron chi connectivity index (χ1n) is 5.35. The van der Waals surface area contributed by atoms with E-state index in [1.54, 1.807) is 0 Å². The molecule has 0 saturated heterocycles. The van der Waals surface area contributed by atoms with E-state index in [-0.39, 0.29) is 0 Å². The Hall–Kier alpha value is -0.340. The number of nitrogens with zero attached hydrogens (tertiary/aromatic N) is 1. The maximum absolute atomic E-state index is 3.72. The van der Waals surface area contributed by atoms with Crippen molar-refractivity contribution in [3.8, 4) is 0 Å². The minimum absolute atomic E-state index is 0.867. The maximum Gasteiger partial charge on any atom is 0.0157 e. The van der Waals surface area contributed by atoms with Gasteiger partial charge in [0.05, 0.1) is 0 Å². The zero-order valence-corrected chi connectivity index (χ0v) is 8.76. The summed E-state index contributed by atoms with van der Waals surface area (Å²) < 4.78 is 0. The molecule has 1 N–H and O–H groups in total. The Morgan fingerprint density at radius 1 is 1.46 bits per heavy atom. The van der Waals surface area contributed by atoms with Crippen molar-refractivity contribution in [3.63, 3.8) is 0 Å². The lowest BCUT2D eigenvalue weighted by Crippen LogP contribution is -2.22. The molecule has 0 aliphatic heterocycles. The molecule has 1 aliphatic rings. The standard InChI is InChI=1S/C11H22N2/c1-3-9-13(2)10-5-4-8-12-11-6-7-11/h3,11-12H,1,4-10H2,2H3. The van der Waals surface area contributed by atoms with Crippen molar-refractivity contribution in [3.05, 3.63) is 12.7 Å². The smallest absolute Gasteiger partial charge is 0.0157 e. The second kappa shape index (κ2) is 6.17. The molecule has 0 unspecified atom stereocenters. The Kier molecular flexibility index (Phi) is 5.09. The van der Waals surface area contributed by atoms with Crippen molar-refractivity contribution < 1.29 is 0 Å². The van der Waals surface area contributed by atoms with Crippen LogP contribution in [-0.2, 0) is 0 Å². The lowest BCUT2D eigenvalue weighted by molar-refractivity contribution is 0.358. The molecule has 0 aromatic heterocycles. The molecule has 0 atom stereocenters. The highest BCUT2D eigenvalue weighted by molar-refractivity contribution is 4.80. The minimum atomic E-state index is 0.867. The fourth-order valence-electron chi connectivity index (χ4n) is 1.41. The Morgan fingerprint density at radius 3 is 2.85 bits per heavy atom. The van der Waals surface area contributed by atoms with Crippen LogP contribution in [0.15, 0.2) is 12.7 Å². The van der Waals surface area contributed by atoms with E-state index in [2.05, 4.69) is 23.8 Å². The highest BCUT2D eigenvalue weighted by Crippen LogP contribution is 2.18. The van der Waals surface area contributed by atoms with Gasteiger partial charge in [-0.3, -0.25) is 0 Å². The van der Waals surface area contributed by atoms with E-state index in [4.69, 9.17) is 0 Å². The van der Waals surface area contributed by atoms with Crippen molar-refractivity contribution in [2.24, 2.45) is 0 Å². The first kappa shape index (κ1) is 10.7. The summed E-state index contributed by atoms with van der Waals surface area (Å²) in [6.45, 7) is 7.13. The van der Waals surface area contributed by atoms with Crippen LogP contribution in [-0.4, -0.2) is 37.6 Å². The third-order valence-corrected chi connectivity index (χ3v) is 2.42. The fraction of sp³-hybridized carbons (Fsp3) is 0.818. The van der Waals surface area contributed by atoms with Crippen molar-refractivity contribution >= 4 is 0 Å². The second-order valence-corrected chi connectivity index (χ2v) is 3.99. The molecule has 2 heteroatoms. The van der Waals surface area contributed by atoms with Crippen LogP contribution in [0, 0.1) is 0 Å². The van der Waals surface area contributed by atoms with Gasteiger partial charge in [-0.2, -0.15) is 0 Å². The van der Waals surface area contributed by atoms with E-state index in [1.807, 2.05) is 6.08 Å². The Labute approximate surface area is 82.0 Å². The van der Waals surface area contributed by atoms with E-state index in [9.17, 15) is 0 Å². The first-order chi connectivity index (χ1) is 6.33. The monoisotopic (exact) mass is 182 g/mol. The molecule has 1 saturated carbocycles. The van der Waals surface area contributed by atoms with Gasteiger partial charge in [0.25, 0.3) is 0 Å². The molecular weight excluding hydrogens is 160 g/mol. The summed E-state index contributed by atoms with van der Waals surface area (Å²) >= 11 is 0. The van der Waals surface area contributed by atoms with Gasteiger partial charge in [-0.15, -0.1) is 6.58 Å². The van der Waals surface area contributed by atoms with Gasteiger partial charge in [0.2, 0.25) is 0 Å². The van der Waals surface area contributed by atoms with Crippen molar-refractivity contribution in [1.29, 1.82) is 0 Å². The van der Waals surface area contributed by atoms with E-state index >= 15 is 0 Å². The lowest BCUT2D eigenvalue weighted by Gasteiger charge is -2.13. The SMILES string of the molecule is C=CCN(C)CCCCNC1CC1. The van der Waals surface area contributed by atoms with Gasteiger partial charge in [0.15, 0.2) is 0 Å². The zero-order valence-electron chi connectivity index (χ0n) is 8.76. The van der Waals surface area contributed by atoms with Gasteiger partial charge < -0.3 is 10.2 Å². The summed E-state index contributed by atoms with van der Waals surface area (Å²) in [5, 5.41) is 3.52. The Balaban J connectivity index is 1.79. The van der Waals surface area contributed by atoms with E-state index in [1.165, 1.54) is 38.8 Å². The average Bonchev–Trinajstić information content (AvgIpc) is 2.88.